The summed E-state index contributed by atoms with van der Waals surface area (Å²) in [6.07, 6.45) is 1.33. The SMILES string of the molecule is Nc1cccc2ccc(CC(=O)N3CCCC3C(=O)O)nc12. The molecule has 6 nitrogen and oxygen atoms in total. The summed E-state index contributed by atoms with van der Waals surface area (Å²) < 4.78 is 0. The normalized spacial score (nSPS) is 17.8. The summed E-state index contributed by atoms with van der Waals surface area (Å²) in [5.74, 6) is -1.15. The van der Waals surface area contributed by atoms with E-state index in [4.69, 9.17) is 10.8 Å². The summed E-state index contributed by atoms with van der Waals surface area (Å²) in [6.45, 7) is 0.492. The first-order valence-electron chi connectivity index (χ1n) is 7.22. The molecule has 0 aliphatic carbocycles. The second-order valence-corrected chi connectivity index (χ2v) is 5.48. The number of aromatic nitrogens is 1. The minimum Gasteiger partial charge on any atom is -0.480 e. The standard InChI is InChI=1S/C16H17N3O3/c17-12-4-1-3-10-6-7-11(18-15(10)12)9-14(20)19-8-2-5-13(19)16(21)22/h1,3-4,6-7,13H,2,5,8-9,17H2,(H,21,22). The van der Waals surface area contributed by atoms with E-state index in [0.717, 1.165) is 11.8 Å². The highest BCUT2D eigenvalue weighted by atomic mass is 16.4. The second kappa shape index (κ2) is 5.63. The number of hydrogen-bond acceptors (Lipinski definition) is 4. The molecule has 6 heteroatoms. The molecule has 1 aliphatic rings. The van der Waals surface area contributed by atoms with Gasteiger partial charge >= 0.3 is 5.97 Å². The van der Waals surface area contributed by atoms with Crippen LogP contribution in [0.5, 0.6) is 0 Å². The van der Waals surface area contributed by atoms with Crippen molar-refractivity contribution in [1.82, 2.24) is 9.88 Å². The number of likely N-dealkylation sites (tertiary alicyclic amines) is 1. The van der Waals surface area contributed by atoms with E-state index in [2.05, 4.69) is 4.98 Å². The quantitative estimate of drug-likeness (QED) is 0.836. The highest BCUT2D eigenvalue weighted by Crippen LogP contribution is 2.21. The smallest absolute Gasteiger partial charge is 0.326 e. The Morgan fingerprint density at radius 2 is 2.14 bits per heavy atom. The molecule has 1 aliphatic heterocycles. The van der Waals surface area contributed by atoms with Crippen molar-refractivity contribution in [1.29, 1.82) is 0 Å². The fourth-order valence-electron chi connectivity index (χ4n) is 2.89. The third kappa shape index (κ3) is 2.59. The van der Waals surface area contributed by atoms with Gasteiger partial charge in [0.25, 0.3) is 0 Å². The molecule has 114 valence electrons. The minimum absolute atomic E-state index is 0.0913. The number of carbonyl (C=O) groups excluding carboxylic acids is 1. The van der Waals surface area contributed by atoms with E-state index in [-0.39, 0.29) is 12.3 Å². The predicted octanol–water partition coefficient (Wildman–Crippen LogP) is 1.44. The van der Waals surface area contributed by atoms with Gasteiger partial charge in [0, 0.05) is 11.9 Å². The van der Waals surface area contributed by atoms with E-state index in [1.54, 1.807) is 12.1 Å². The lowest BCUT2D eigenvalue weighted by atomic mass is 10.1. The van der Waals surface area contributed by atoms with Crippen molar-refractivity contribution >= 4 is 28.5 Å². The number of nitrogen functional groups attached to an aromatic ring is 1. The molecular formula is C16H17N3O3. The number of anilines is 1. The van der Waals surface area contributed by atoms with Gasteiger partial charge in [-0.3, -0.25) is 9.78 Å². The van der Waals surface area contributed by atoms with E-state index >= 15 is 0 Å². The predicted molar refractivity (Wildman–Crippen MR) is 82.2 cm³/mol. The van der Waals surface area contributed by atoms with Gasteiger partial charge in [-0.1, -0.05) is 18.2 Å². The number of carboxylic acids is 1. The number of para-hydroxylation sites is 1. The van der Waals surface area contributed by atoms with Crippen LogP contribution in [0, 0.1) is 0 Å². The fraction of sp³-hybridized carbons (Fsp3) is 0.312. The molecule has 1 amide bonds. The number of amides is 1. The Hall–Kier alpha value is -2.63. The molecule has 1 saturated heterocycles. The number of carbonyl (C=O) groups is 2. The van der Waals surface area contributed by atoms with Gasteiger partial charge in [0.15, 0.2) is 0 Å². The lowest BCUT2D eigenvalue weighted by molar-refractivity contribution is -0.148. The third-order valence-electron chi connectivity index (χ3n) is 4.00. The third-order valence-corrected chi connectivity index (χ3v) is 4.00. The maximum atomic E-state index is 12.3. The monoisotopic (exact) mass is 299 g/mol. The Morgan fingerprint density at radius 1 is 1.32 bits per heavy atom. The van der Waals surface area contributed by atoms with Crippen LogP contribution in [0.15, 0.2) is 30.3 Å². The molecule has 3 rings (SSSR count). The topological polar surface area (TPSA) is 96.5 Å². The lowest BCUT2D eigenvalue weighted by Gasteiger charge is -2.21. The van der Waals surface area contributed by atoms with E-state index < -0.39 is 12.0 Å². The molecule has 1 aromatic heterocycles. The number of fused-ring (bicyclic) bond motifs is 1. The summed E-state index contributed by atoms with van der Waals surface area (Å²) >= 11 is 0. The van der Waals surface area contributed by atoms with Crippen LogP contribution < -0.4 is 5.73 Å². The van der Waals surface area contributed by atoms with Gasteiger partial charge in [0.1, 0.15) is 6.04 Å². The number of aliphatic carboxylic acids is 1. The van der Waals surface area contributed by atoms with Gasteiger partial charge in [-0.05, 0) is 25.0 Å². The second-order valence-electron chi connectivity index (χ2n) is 5.48. The van der Waals surface area contributed by atoms with Crippen LogP contribution in [0.4, 0.5) is 5.69 Å². The molecule has 1 atom stereocenters. The summed E-state index contributed by atoms with van der Waals surface area (Å²) in [4.78, 5) is 29.4. The zero-order chi connectivity index (χ0) is 15.7. The molecule has 1 aromatic carbocycles. The molecule has 0 saturated carbocycles. The Bertz CT molecular complexity index is 744. The number of rotatable bonds is 3. The average Bonchev–Trinajstić information content (AvgIpc) is 2.98. The number of nitrogens with zero attached hydrogens (tertiary/aromatic N) is 2. The fourth-order valence-corrected chi connectivity index (χ4v) is 2.89. The van der Waals surface area contributed by atoms with Crippen LogP contribution in [0.2, 0.25) is 0 Å². The van der Waals surface area contributed by atoms with Crippen LogP contribution in [0.3, 0.4) is 0 Å². The molecule has 0 bridgehead atoms. The van der Waals surface area contributed by atoms with E-state index in [9.17, 15) is 9.59 Å². The molecule has 1 fully saturated rings. The van der Waals surface area contributed by atoms with Gasteiger partial charge in [0.05, 0.1) is 23.3 Å². The number of carboxylic acid groups (broad SMARTS) is 1. The van der Waals surface area contributed by atoms with Crippen molar-refractivity contribution in [2.24, 2.45) is 0 Å². The number of benzene rings is 1. The molecule has 2 heterocycles. The van der Waals surface area contributed by atoms with Crippen LogP contribution in [0.1, 0.15) is 18.5 Å². The highest BCUT2D eigenvalue weighted by molar-refractivity contribution is 5.90. The van der Waals surface area contributed by atoms with E-state index in [1.165, 1.54) is 4.90 Å². The zero-order valence-corrected chi connectivity index (χ0v) is 12.0. The average molecular weight is 299 g/mol. The Kier molecular flexibility index (Phi) is 3.66. The van der Waals surface area contributed by atoms with E-state index in [0.29, 0.717) is 29.9 Å². The van der Waals surface area contributed by atoms with Crippen LogP contribution in [-0.4, -0.2) is 39.5 Å². The van der Waals surface area contributed by atoms with Crippen LogP contribution >= 0.6 is 0 Å². The summed E-state index contributed by atoms with van der Waals surface area (Å²) in [7, 11) is 0. The molecule has 1 unspecified atom stereocenters. The van der Waals surface area contributed by atoms with Crippen molar-refractivity contribution in [3.63, 3.8) is 0 Å². The van der Waals surface area contributed by atoms with Gasteiger partial charge in [-0.25, -0.2) is 4.79 Å². The first-order valence-corrected chi connectivity index (χ1v) is 7.22. The van der Waals surface area contributed by atoms with Gasteiger partial charge in [0.2, 0.25) is 5.91 Å². The molecule has 2 aromatic rings. The zero-order valence-electron chi connectivity index (χ0n) is 12.0. The summed E-state index contributed by atoms with van der Waals surface area (Å²) in [5, 5.41) is 10.1. The molecule has 3 N–H and O–H groups in total. The number of nitrogens with two attached hydrogens (primary N) is 1. The first kappa shape index (κ1) is 14.3. The van der Waals surface area contributed by atoms with Crippen LogP contribution in [-0.2, 0) is 16.0 Å². The maximum absolute atomic E-state index is 12.3. The van der Waals surface area contributed by atoms with Gasteiger partial charge in [-0.2, -0.15) is 0 Å². The van der Waals surface area contributed by atoms with Gasteiger partial charge < -0.3 is 15.7 Å². The Morgan fingerprint density at radius 3 is 2.91 bits per heavy atom. The number of hydrogen-bond donors (Lipinski definition) is 2. The van der Waals surface area contributed by atoms with Crippen molar-refractivity contribution in [3.05, 3.63) is 36.0 Å². The summed E-state index contributed by atoms with van der Waals surface area (Å²) in [5.41, 5.74) is 7.74. The Labute approximate surface area is 127 Å². The molecular weight excluding hydrogens is 282 g/mol. The minimum atomic E-state index is -0.943. The molecule has 22 heavy (non-hydrogen) atoms. The molecule has 0 radical (unpaired) electrons. The molecule has 0 spiro atoms. The van der Waals surface area contributed by atoms with Gasteiger partial charge in [-0.15, -0.1) is 0 Å². The van der Waals surface area contributed by atoms with Crippen LogP contribution in [0.25, 0.3) is 10.9 Å². The highest BCUT2D eigenvalue weighted by Gasteiger charge is 2.33. The van der Waals surface area contributed by atoms with Crippen molar-refractivity contribution in [3.8, 4) is 0 Å². The first-order chi connectivity index (χ1) is 10.6. The lowest BCUT2D eigenvalue weighted by Crippen LogP contribution is -2.41. The maximum Gasteiger partial charge on any atom is 0.326 e. The Balaban J connectivity index is 1.82. The van der Waals surface area contributed by atoms with Crippen molar-refractivity contribution < 1.29 is 14.7 Å². The number of pyridine rings is 1. The largest absolute Gasteiger partial charge is 0.480 e. The van der Waals surface area contributed by atoms with Crippen molar-refractivity contribution in [2.45, 2.75) is 25.3 Å². The van der Waals surface area contributed by atoms with Crippen molar-refractivity contribution in [2.75, 3.05) is 12.3 Å². The summed E-state index contributed by atoms with van der Waals surface area (Å²) in [6, 6.07) is 8.47. The van der Waals surface area contributed by atoms with E-state index in [1.807, 2.05) is 18.2 Å².